The van der Waals surface area contributed by atoms with Gasteiger partial charge >= 0.3 is 0 Å². The van der Waals surface area contributed by atoms with Crippen molar-refractivity contribution in [3.8, 4) is 0 Å². The highest BCUT2D eigenvalue weighted by Gasteiger charge is 2.19. The summed E-state index contributed by atoms with van der Waals surface area (Å²) in [5, 5.41) is 6.50. The number of fused-ring (bicyclic) bond motifs is 1. The number of hydrogen-bond donors (Lipinski definition) is 1. The molecule has 1 nitrogen and oxygen atoms in total. The molecule has 0 saturated heterocycles. The Balaban J connectivity index is 2.39. The van der Waals surface area contributed by atoms with Crippen molar-refractivity contribution in [1.82, 2.24) is 5.32 Å². The van der Waals surface area contributed by atoms with Crippen LogP contribution in [0.4, 0.5) is 0 Å². The molecule has 2 unspecified atom stereocenters. The van der Waals surface area contributed by atoms with Gasteiger partial charge in [-0.05, 0) is 41.6 Å². The Hall–Kier alpha value is -1.34. The van der Waals surface area contributed by atoms with Gasteiger partial charge in [0.25, 0.3) is 0 Å². The lowest BCUT2D eigenvalue weighted by atomic mass is 9.88. The third-order valence-corrected chi connectivity index (χ3v) is 4.09. The molecule has 0 fully saturated rings. The Bertz CT molecular complexity index is 527. The molecule has 0 aliphatic heterocycles. The summed E-state index contributed by atoms with van der Waals surface area (Å²) in [4.78, 5) is 0. The first kappa shape index (κ1) is 15.1. The summed E-state index contributed by atoms with van der Waals surface area (Å²) >= 11 is 0. The minimum Gasteiger partial charge on any atom is -0.310 e. The third kappa shape index (κ3) is 3.40. The summed E-state index contributed by atoms with van der Waals surface area (Å²) < 4.78 is 0. The van der Waals surface area contributed by atoms with Crippen molar-refractivity contribution in [1.29, 1.82) is 0 Å². The SMILES string of the molecule is CCCNC(c1cccc2ccccc12)C(C)CCC. The molecule has 0 aliphatic carbocycles. The Morgan fingerprint density at radius 2 is 1.70 bits per heavy atom. The maximum atomic E-state index is 3.76. The van der Waals surface area contributed by atoms with Crippen LogP contribution < -0.4 is 5.32 Å². The van der Waals surface area contributed by atoms with Crippen molar-refractivity contribution < 1.29 is 0 Å². The van der Waals surface area contributed by atoms with E-state index in [1.807, 2.05) is 0 Å². The van der Waals surface area contributed by atoms with Crippen molar-refractivity contribution in [3.05, 3.63) is 48.0 Å². The zero-order valence-electron chi connectivity index (χ0n) is 13.0. The Morgan fingerprint density at radius 3 is 2.45 bits per heavy atom. The lowest BCUT2D eigenvalue weighted by Crippen LogP contribution is -2.28. The minimum atomic E-state index is 0.459. The van der Waals surface area contributed by atoms with Crippen molar-refractivity contribution in [2.45, 2.75) is 46.1 Å². The van der Waals surface area contributed by atoms with E-state index in [-0.39, 0.29) is 0 Å². The summed E-state index contributed by atoms with van der Waals surface area (Å²) in [6.45, 7) is 7.97. The summed E-state index contributed by atoms with van der Waals surface area (Å²) in [5.41, 5.74) is 1.46. The second kappa shape index (κ2) is 7.44. The van der Waals surface area contributed by atoms with E-state index in [1.165, 1.54) is 35.6 Å². The Kier molecular flexibility index (Phi) is 5.60. The number of nitrogens with one attached hydrogen (secondary N) is 1. The Morgan fingerprint density at radius 1 is 0.950 bits per heavy atom. The molecule has 0 saturated carbocycles. The van der Waals surface area contributed by atoms with Gasteiger partial charge in [0.05, 0.1) is 0 Å². The monoisotopic (exact) mass is 269 g/mol. The van der Waals surface area contributed by atoms with Crippen LogP contribution in [0.5, 0.6) is 0 Å². The van der Waals surface area contributed by atoms with Crippen LogP contribution in [0.1, 0.15) is 51.6 Å². The fraction of sp³-hybridized carbons (Fsp3) is 0.474. The second-order valence-electron chi connectivity index (χ2n) is 5.77. The van der Waals surface area contributed by atoms with E-state index >= 15 is 0 Å². The summed E-state index contributed by atoms with van der Waals surface area (Å²) in [6, 6.07) is 15.9. The molecule has 20 heavy (non-hydrogen) atoms. The van der Waals surface area contributed by atoms with Gasteiger partial charge in [-0.2, -0.15) is 0 Å². The first-order valence-electron chi connectivity index (χ1n) is 7.99. The van der Waals surface area contributed by atoms with E-state index in [0.29, 0.717) is 12.0 Å². The molecule has 0 bridgehead atoms. The molecule has 2 rings (SSSR count). The van der Waals surface area contributed by atoms with E-state index in [0.717, 1.165) is 6.54 Å². The van der Waals surface area contributed by atoms with Gasteiger partial charge in [0, 0.05) is 6.04 Å². The molecule has 0 heterocycles. The molecule has 0 radical (unpaired) electrons. The molecule has 0 aliphatic rings. The maximum Gasteiger partial charge on any atom is 0.0352 e. The molecule has 1 N–H and O–H groups in total. The largest absolute Gasteiger partial charge is 0.310 e. The van der Waals surface area contributed by atoms with Crippen LogP contribution in [0, 0.1) is 5.92 Å². The topological polar surface area (TPSA) is 12.0 Å². The van der Waals surface area contributed by atoms with Crippen molar-refractivity contribution in [2.24, 2.45) is 5.92 Å². The molecule has 0 aromatic heterocycles. The van der Waals surface area contributed by atoms with Crippen LogP contribution >= 0.6 is 0 Å². The predicted octanol–water partition coefficient (Wildman–Crippen LogP) is 5.32. The zero-order chi connectivity index (χ0) is 14.4. The highest BCUT2D eigenvalue weighted by Crippen LogP contribution is 2.31. The van der Waals surface area contributed by atoms with Crippen LogP contribution in [0.3, 0.4) is 0 Å². The molecule has 0 spiro atoms. The normalized spacial score (nSPS) is 14.3. The van der Waals surface area contributed by atoms with Gasteiger partial charge in [-0.3, -0.25) is 0 Å². The van der Waals surface area contributed by atoms with Gasteiger partial charge in [-0.1, -0.05) is 69.7 Å². The minimum absolute atomic E-state index is 0.459. The van der Waals surface area contributed by atoms with E-state index in [9.17, 15) is 0 Å². The van der Waals surface area contributed by atoms with Gasteiger partial charge in [-0.25, -0.2) is 0 Å². The van der Waals surface area contributed by atoms with Crippen molar-refractivity contribution >= 4 is 10.8 Å². The second-order valence-corrected chi connectivity index (χ2v) is 5.77. The van der Waals surface area contributed by atoms with E-state index in [1.54, 1.807) is 0 Å². The average molecular weight is 269 g/mol. The lowest BCUT2D eigenvalue weighted by Gasteiger charge is -2.27. The molecule has 0 amide bonds. The van der Waals surface area contributed by atoms with Crippen LogP contribution in [0.2, 0.25) is 0 Å². The van der Waals surface area contributed by atoms with Crippen LogP contribution in [0.25, 0.3) is 10.8 Å². The maximum absolute atomic E-state index is 3.76. The predicted molar refractivity (Wildman–Crippen MR) is 89.1 cm³/mol. The lowest BCUT2D eigenvalue weighted by molar-refractivity contribution is 0.365. The van der Waals surface area contributed by atoms with Gasteiger partial charge in [0.15, 0.2) is 0 Å². The zero-order valence-corrected chi connectivity index (χ0v) is 13.0. The first-order chi connectivity index (χ1) is 9.77. The molecule has 1 heteroatoms. The average Bonchev–Trinajstić information content (AvgIpc) is 2.48. The molecule has 2 aromatic rings. The number of hydrogen-bond acceptors (Lipinski definition) is 1. The van der Waals surface area contributed by atoms with Crippen LogP contribution in [0.15, 0.2) is 42.5 Å². The van der Waals surface area contributed by atoms with Gasteiger partial charge in [-0.15, -0.1) is 0 Å². The van der Waals surface area contributed by atoms with E-state index in [2.05, 4.69) is 68.6 Å². The van der Waals surface area contributed by atoms with Crippen LogP contribution in [-0.2, 0) is 0 Å². The number of benzene rings is 2. The first-order valence-corrected chi connectivity index (χ1v) is 7.99. The fourth-order valence-corrected chi connectivity index (χ4v) is 3.06. The summed E-state index contributed by atoms with van der Waals surface area (Å²) in [6.07, 6.45) is 3.70. The fourth-order valence-electron chi connectivity index (χ4n) is 3.06. The molecule has 2 atom stereocenters. The molecular weight excluding hydrogens is 242 g/mol. The van der Waals surface area contributed by atoms with E-state index in [4.69, 9.17) is 0 Å². The molecule has 2 aromatic carbocycles. The summed E-state index contributed by atoms with van der Waals surface area (Å²) in [7, 11) is 0. The molecule has 108 valence electrons. The highest BCUT2D eigenvalue weighted by molar-refractivity contribution is 5.86. The Labute approximate surface area is 123 Å². The standard InChI is InChI=1S/C19H27N/c1-4-9-15(3)19(20-14-5-2)18-13-8-11-16-10-6-7-12-17(16)18/h6-8,10-13,15,19-20H,4-5,9,14H2,1-3H3. The van der Waals surface area contributed by atoms with Gasteiger partial charge in [0.1, 0.15) is 0 Å². The van der Waals surface area contributed by atoms with Gasteiger partial charge < -0.3 is 5.32 Å². The van der Waals surface area contributed by atoms with Crippen LogP contribution in [-0.4, -0.2) is 6.54 Å². The van der Waals surface area contributed by atoms with Crippen molar-refractivity contribution in [3.63, 3.8) is 0 Å². The highest BCUT2D eigenvalue weighted by atomic mass is 14.9. The summed E-state index contributed by atoms with van der Waals surface area (Å²) in [5.74, 6) is 0.664. The van der Waals surface area contributed by atoms with E-state index < -0.39 is 0 Å². The van der Waals surface area contributed by atoms with Gasteiger partial charge in [0.2, 0.25) is 0 Å². The quantitative estimate of drug-likeness (QED) is 0.717. The number of rotatable bonds is 7. The van der Waals surface area contributed by atoms with Crippen molar-refractivity contribution in [2.75, 3.05) is 6.54 Å². The molecular formula is C19H27N. The third-order valence-electron chi connectivity index (χ3n) is 4.09. The smallest absolute Gasteiger partial charge is 0.0352 e.